The monoisotopic (exact) mass is 633 g/mol. The summed E-state index contributed by atoms with van der Waals surface area (Å²) in [5.74, 6) is -4.08. The number of primary amides is 1. The maximum atomic E-state index is 14.6. The Morgan fingerprint density at radius 1 is 1.11 bits per heavy atom. The summed E-state index contributed by atoms with van der Waals surface area (Å²) in [5, 5.41) is 22.5. The van der Waals surface area contributed by atoms with Crippen LogP contribution in [0.1, 0.15) is 27.3 Å². The van der Waals surface area contributed by atoms with E-state index in [1.165, 1.54) is 19.2 Å². The molecule has 0 aliphatic carbocycles. The van der Waals surface area contributed by atoms with Crippen molar-refractivity contribution in [3.05, 3.63) is 82.7 Å². The standard InChI is InChI=1S/C29H24F5N5O6/c1-44-20-8-15(6-14-7-18(31)19(10-40)38-22(14)20)25(41)37-11-28(43,29(32,33)34)21-9-17-24(45-12-27(17,36)26(35)42)23(39-21)13-2-4-16(30)5-3-13/h2-9,40,43H,10-12,36H2,1H3,(H2,35,42)(H,37,41). The lowest BCUT2D eigenvalue weighted by atomic mass is 9.87. The number of hydrogen-bond acceptors (Lipinski definition) is 9. The largest absolute Gasteiger partial charge is 0.494 e. The Bertz CT molecular complexity index is 1840. The molecule has 2 unspecified atom stereocenters. The fourth-order valence-electron chi connectivity index (χ4n) is 4.80. The molecule has 1 aliphatic rings. The molecular weight excluding hydrogens is 609 g/mol. The van der Waals surface area contributed by atoms with Crippen LogP contribution in [0, 0.1) is 11.6 Å². The quantitative estimate of drug-likeness (QED) is 0.182. The number of carbonyl (C=O) groups is 2. The number of hydrogen-bond donors (Lipinski definition) is 5. The number of rotatable bonds is 8. The first kappa shape index (κ1) is 31.5. The number of aromatic nitrogens is 2. The number of carbonyl (C=O) groups excluding carboxylic acids is 2. The highest BCUT2D eigenvalue weighted by Gasteiger charge is 2.58. The van der Waals surface area contributed by atoms with Crippen LogP contribution in [0.25, 0.3) is 22.2 Å². The minimum absolute atomic E-state index is 0.0373. The van der Waals surface area contributed by atoms with Gasteiger partial charge in [0.15, 0.2) is 11.3 Å². The number of pyridine rings is 2. The van der Waals surface area contributed by atoms with Gasteiger partial charge in [-0.25, -0.2) is 18.7 Å². The molecule has 0 radical (unpaired) electrons. The number of nitrogens with one attached hydrogen (secondary N) is 1. The van der Waals surface area contributed by atoms with E-state index in [1.807, 2.05) is 5.32 Å². The predicted molar refractivity (Wildman–Crippen MR) is 147 cm³/mol. The molecule has 0 saturated carbocycles. The van der Waals surface area contributed by atoms with Crippen LogP contribution in [0.3, 0.4) is 0 Å². The molecule has 2 amide bonds. The summed E-state index contributed by atoms with van der Waals surface area (Å²) in [4.78, 5) is 33.3. The molecule has 1 aliphatic heterocycles. The predicted octanol–water partition coefficient (Wildman–Crippen LogP) is 2.29. The maximum Gasteiger partial charge on any atom is 0.424 e. The smallest absolute Gasteiger partial charge is 0.424 e. The van der Waals surface area contributed by atoms with Gasteiger partial charge in [0.1, 0.15) is 40.9 Å². The number of amides is 2. The average Bonchev–Trinajstić information content (AvgIpc) is 3.35. The third-order valence-electron chi connectivity index (χ3n) is 7.39. The Labute approximate surface area is 250 Å². The normalized spacial score (nSPS) is 17.4. The number of fused-ring (bicyclic) bond motifs is 2. The van der Waals surface area contributed by atoms with Gasteiger partial charge in [0.2, 0.25) is 11.5 Å². The van der Waals surface area contributed by atoms with Crippen LogP contribution in [-0.2, 0) is 22.5 Å². The van der Waals surface area contributed by atoms with Crippen LogP contribution in [0.4, 0.5) is 22.0 Å². The van der Waals surface area contributed by atoms with Gasteiger partial charge in [-0.3, -0.25) is 9.59 Å². The van der Waals surface area contributed by atoms with E-state index in [-0.39, 0.29) is 50.5 Å². The van der Waals surface area contributed by atoms with Gasteiger partial charge in [0.05, 0.1) is 26.0 Å². The second kappa shape index (κ2) is 11.2. The Balaban J connectivity index is 1.58. The minimum Gasteiger partial charge on any atom is -0.494 e. The average molecular weight is 634 g/mol. The Morgan fingerprint density at radius 3 is 2.40 bits per heavy atom. The van der Waals surface area contributed by atoms with Crippen molar-refractivity contribution >= 4 is 22.7 Å². The number of methoxy groups -OCH3 is 1. The molecule has 2 atom stereocenters. The van der Waals surface area contributed by atoms with E-state index in [4.69, 9.17) is 20.9 Å². The van der Waals surface area contributed by atoms with Crippen molar-refractivity contribution < 1.29 is 51.2 Å². The van der Waals surface area contributed by atoms with Crippen LogP contribution in [0.15, 0.2) is 48.5 Å². The van der Waals surface area contributed by atoms with Crippen LogP contribution in [0.5, 0.6) is 11.5 Å². The van der Waals surface area contributed by atoms with Crippen LogP contribution in [0.2, 0.25) is 0 Å². The van der Waals surface area contributed by atoms with Crippen molar-refractivity contribution in [3.8, 4) is 22.8 Å². The second-order valence-electron chi connectivity index (χ2n) is 10.2. The summed E-state index contributed by atoms with van der Waals surface area (Å²) in [7, 11) is 1.22. The van der Waals surface area contributed by atoms with Gasteiger partial charge in [0, 0.05) is 22.1 Å². The molecule has 7 N–H and O–H groups in total. The molecular formula is C29H24F5N5O6. The summed E-state index contributed by atoms with van der Waals surface area (Å²) < 4.78 is 82.6. The minimum atomic E-state index is -5.47. The van der Waals surface area contributed by atoms with E-state index in [9.17, 15) is 41.8 Å². The topological polar surface area (TPSA) is 183 Å². The Kier molecular flexibility index (Phi) is 7.85. The van der Waals surface area contributed by atoms with Gasteiger partial charge < -0.3 is 36.5 Å². The Morgan fingerprint density at radius 2 is 1.80 bits per heavy atom. The third-order valence-corrected chi connectivity index (χ3v) is 7.39. The van der Waals surface area contributed by atoms with Crippen molar-refractivity contribution in [2.24, 2.45) is 11.5 Å². The summed E-state index contributed by atoms with van der Waals surface area (Å²) >= 11 is 0. The van der Waals surface area contributed by atoms with Crippen LogP contribution < -0.4 is 26.3 Å². The zero-order valence-electron chi connectivity index (χ0n) is 23.2. The fraction of sp³-hybridized carbons (Fsp3) is 0.241. The fourth-order valence-corrected chi connectivity index (χ4v) is 4.80. The lowest BCUT2D eigenvalue weighted by molar-refractivity contribution is -0.265. The van der Waals surface area contributed by atoms with Gasteiger partial charge in [0.25, 0.3) is 5.91 Å². The van der Waals surface area contributed by atoms with Gasteiger partial charge in [-0.1, -0.05) is 0 Å². The number of nitrogens with two attached hydrogens (primary N) is 2. The molecule has 2 aromatic carbocycles. The van der Waals surface area contributed by atoms with E-state index in [0.717, 1.165) is 30.3 Å². The molecule has 45 heavy (non-hydrogen) atoms. The highest BCUT2D eigenvalue weighted by Crippen LogP contribution is 2.46. The van der Waals surface area contributed by atoms with Crippen molar-refractivity contribution in [3.63, 3.8) is 0 Å². The molecule has 5 rings (SSSR count). The molecule has 4 aromatic rings. The molecule has 236 valence electrons. The zero-order chi connectivity index (χ0) is 32.9. The second-order valence-corrected chi connectivity index (χ2v) is 10.2. The van der Waals surface area contributed by atoms with E-state index < -0.39 is 66.2 Å². The van der Waals surface area contributed by atoms with Gasteiger partial charge >= 0.3 is 6.18 Å². The molecule has 0 saturated heterocycles. The summed E-state index contributed by atoms with van der Waals surface area (Å²) in [5.41, 5.74) is 3.45. The first-order valence-corrected chi connectivity index (χ1v) is 13.0. The number of ether oxygens (including phenoxy) is 2. The summed E-state index contributed by atoms with van der Waals surface area (Å²) in [6.07, 6.45) is -5.47. The van der Waals surface area contributed by atoms with E-state index >= 15 is 0 Å². The van der Waals surface area contributed by atoms with E-state index in [2.05, 4.69) is 9.97 Å². The lowest BCUT2D eigenvalue weighted by Gasteiger charge is -2.31. The van der Waals surface area contributed by atoms with Crippen LogP contribution in [-0.4, -0.2) is 58.4 Å². The molecule has 0 bridgehead atoms. The number of nitrogens with zero attached hydrogens (tertiary/aromatic N) is 2. The van der Waals surface area contributed by atoms with E-state index in [1.54, 1.807) is 0 Å². The molecule has 0 spiro atoms. The summed E-state index contributed by atoms with van der Waals surface area (Å²) in [6, 6.07) is 8.33. The van der Waals surface area contributed by atoms with Gasteiger partial charge in [-0.2, -0.15) is 13.2 Å². The van der Waals surface area contributed by atoms with Gasteiger partial charge in [-0.15, -0.1) is 0 Å². The number of alkyl halides is 3. The highest BCUT2D eigenvalue weighted by molar-refractivity contribution is 6.00. The number of benzene rings is 2. The first-order valence-electron chi connectivity index (χ1n) is 13.0. The third kappa shape index (κ3) is 5.36. The molecule has 16 heteroatoms. The van der Waals surface area contributed by atoms with Crippen molar-refractivity contribution in [1.29, 1.82) is 0 Å². The molecule has 0 fully saturated rings. The van der Waals surface area contributed by atoms with Crippen molar-refractivity contribution in [1.82, 2.24) is 15.3 Å². The molecule has 3 heterocycles. The van der Waals surface area contributed by atoms with E-state index in [0.29, 0.717) is 6.07 Å². The molecule has 11 nitrogen and oxygen atoms in total. The zero-order valence-corrected chi connectivity index (χ0v) is 23.2. The first-order chi connectivity index (χ1) is 21.1. The lowest BCUT2D eigenvalue weighted by Crippen LogP contribution is -2.52. The van der Waals surface area contributed by atoms with Crippen molar-refractivity contribution in [2.45, 2.75) is 23.9 Å². The van der Waals surface area contributed by atoms with Crippen molar-refractivity contribution in [2.75, 3.05) is 20.3 Å². The Hall–Kier alpha value is -4.93. The maximum absolute atomic E-state index is 14.6. The number of aliphatic hydroxyl groups excluding tert-OH is 1. The SMILES string of the molecule is COc1cc(C(=O)NCC(O)(c2cc3c(c(-c4ccc(F)cc4)n2)OCC3(N)C(N)=O)C(F)(F)F)cc2cc(F)c(CO)nc12. The highest BCUT2D eigenvalue weighted by atomic mass is 19.4. The molecule has 2 aromatic heterocycles. The van der Waals surface area contributed by atoms with Gasteiger partial charge in [-0.05, 0) is 48.5 Å². The van der Waals surface area contributed by atoms with Crippen LogP contribution >= 0.6 is 0 Å². The number of aliphatic hydroxyl groups is 2. The summed E-state index contributed by atoms with van der Waals surface area (Å²) in [6.45, 7) is -2.77. The number of halogens is 5.